The number of nitrogens with two attached hydrogens (primary N) is 1. The SMILES string of the molecule is NC(=O)C1CCN(CCCCNC(=O)c2csc(-c3ccc(Cl)cc3)n2)CC1. The summed E-state index contributed by atoms with van der Waals surface area (Å²) < 4.78 is 0. The van der Waals surface area contributed by atoms with E-state index in [0.29, 0.717) is 17.3 Å². The standard InChI is InChI=1S/C20H25ClN4O2S/c21-16-5-3-15(4-6-16)20-24-17(13-28-20)19(27)23-9-1-2-10-25-11-7-14(8-12-25)18(22)26/h3-6,13-14H,1-2,7-12H2,(H2,22,26)(H,23,27). The molecule has 2 heterocycles. The molecule has 0 saturated carbocycles. The van der Waals surface area contributed by atoms with Crippen LogP contribution in [0.25, 0.3) is 10.6 Å². The second-order valence-corrected chi connectivity index (χ2v) is 8.32. The molecule has 6 nitrogen and oxygen atoms in total. The number of likely N-dealkylation sites (tertiary alicyclic amines) is 1. The molecule has 28 heavy (non-hydrogen) atoms. The van der Waals surface area contributed by atoms with Crippen LogP contribution in [0.5, 0.6) is 0 Å². The lowest BCUT2D eigenvalue weighted by molar-refractivity contribution is -0.123. The van der Waals surface area contributed by atoms with E-state index in [1.54, 1.807) is 5.38 Å². The van der Waals surface area contributed by atoms with Crippen molar-refractivity contribution in [1.82, 2.24) is 15.2 Å². The summed E-state index contributed by atoms with van der Waals surface area (Å²) in [6.45, 7) is 3.46. The van der Waals surface area contributed by atoms with E-state index in [9.17, 15) is 9.59 Å². The van der Waals surface area contributed by atoms with Gasteiger partial charge < -0.3 is 16.0 Å². The van der Waals surface area contributed by atoms with Crippen LogP contribution in [-0.2, 0) is 4.79 Å². The molecule has 1 fully saturated rings. The van der Waals surface area contributed by atoms with E-state index in [1.165, 1.54) is 11.3 Å². The van der Waals surface area contributed by atoms with Crippen molar-refractivity contribution in [3.05, 3.63) is 40.4 Å². The van der Waals surface area contributed by atoms with Crippen LogP contribution in [0.1, 0.15) is 36.2 Å². The third kappa shape index (κ3) is 5.77. The summed E-state index contributed by atoms with van der Waals surface area (Å²) in [6.07, 6.45) is 3.63. The first-order valence-corrected chi connectivity index (χ1v) is 10.8. The molecular formula is C20H25ClN4O2S. The molecule has 3 rings (SSSR count). The van der Waals surface area contributed by atoms with Crippen LogP contribution in [0, 0.1) is 5.92 Å². The van der Waals surface area contributed by atoms with E-state index in [1.807, 2.05) is 24.3 Å². The Hall–Kier alpha value is -1.96. The smallest absolute Gasteiger partial charge is 0.270 e. The molecule has 3 N–H and O–H groups in total. The molecule has 0 radical (unpaired) electrons. The molecule has 2 amide bonds. The number of carbonyl (C=O) groups is 2. The van der Waals surface area contributed by atoms with Crippen LogP contribution in [0.3, 0.4) is 0 Å². The highest BCUT2D eigenvalue weighted by atomic mass is 35.5. The molecule has 0 bridgehead atoms. The molecule has 1 aliphatic rings. The Morgan fingerprint density at radius 2 is 1.93 bits per heavy atom. The van der Waals surface area contributed by atoms with Gasteiger partial charge in [-0.05, 0) is 57.5 Å². The zero-order valence-corrected chi connectivity index (χ0v) is 17.3. The lowest BCUT2D eigenvalue weighted by Gasteiger charge is -2.30. The molecule has 0 unspecified atom stereocenters. The average Bonchev–Trinajstić information content (AvgIpc) is 3.19. The van der Waals surface area contributed by atoms with E-state index in [-0.39, 0.29) is 17.7 Å². The van der Waals surface area contributed by atoms with Crippen LogP contribution >= 0.6 is 22.9 Å². The van der Waals surface area contributed by atoms with Gasteiger partial charge in [0.2, 0.25) is 5.91 Å². The summed E-state index contributed by atoms with van der Waals surface area (Å²) in [5.41, 5.74) is 6.76. The predicted molar refractivity (Wildman–Crippen MR) is 112 cm³/mol. The number of hydrogen-bond donors (Lipinski definition) is 2. The lowest BCUT2D eigenvalue weighted by Crippen LogP contribution is -2.39. The molecule has 1 aromatic heterocycles. The van der Waals surface area contributed by atoms with Gasteiger partial charge in [-0.2, -0.15) is 0 Å². The fourth-order valence-corrected chi connectivity index (χ4v) is 4.23. The zero-order valence-electron chi connectivity index (χ0n) is 15.7. The maximum Gasteiger partial charge on any atom is 0.270 e. The molecule has 0 spiro atoms. The highest BCUT2D eigenvalue weighted by Gasteiger charge is 2.22. The molecule has 0 aliphatic carbocycles. The van der Waals surface area contributed by atoms with Crippen molar-refractivity contribution in [1.29, 1.82) is 0 Å². The van der Waals surface area contributed by atoms with Gasteiger partial charge in [-0.1, -0.05) is 23.7 Å². The number of benzene rings is 1. The maximum absolute atomic E-state index is 12.3. The highest BCUT2D eigenvalue weighted by molar-refractivity contribution is 7.13. The van der Waals surface area contributed by atoms with Gasteiger partial charge in [-0.3, -0.25) is 9.59 Å². The van der Waals surface area contributed by atoms with Crippen molar-refractivity contribution < 1.29 is 9.59 Å². The minimum absolute atomic E-state index is 0.0337. The maximum atomic E-state index is 12.3. The van der Waals surface area contributed by atoms with Gasteiger partial charge in [-0.25, -0.2) is 4.98 Å². The molecule has 150 valence electrons. The quantitative estimate of drug-likeness (QED) is 0.642. The largest absolute Gasteiger partial charge is 0.369 e. The van der Waals surface area contributed by atoms with Crippen molar-refractivity contribution in [2.75, 3.05) is 26.2 Å². The molecule has 1 saturated heterocycles. The van der Waals surface area contributed by atoms with Crippen molar-refractivity contribution in [3.8, 4) is 10.6 Å². The normalized spacial score (nSPS) is 15.5. The van der Waals surface area contributed by atoms with Crippen LogP contribution in [0.2, 0.25) is 5.02 Å². The molecule has 8 heteroatoms. The second-order valence-electron chi connectivity index (χ2n) is 7.03. The minimum atomic E-state index is -0.177. The van der Waals surface area contributed by atoms with Crippen molar-refractivity contribution in [3.63, 3.8) is 0 Å². The highest BCUT2D eigenvalue weighted by Crippen LogP contribution is 2.25. The number of primary amides is 1. The topological polar surface area (TPSA) is 88.3 Å². The van der Waals surface area contributed by atoms with Gasteiger partial charge in [0.15, 0.2) is 0 Å². The summed E-state index contributed by atoms with van der Waals surface area (Å²) in [5.74, 6) is -0.284. The van der Waals surface area contributed by atoms with E-state index in [2.05, 4.69) is 15.2 Å². The third-order valence-electron chi connectivity index (χ3n) is 5.00. The number of halogens is 1. The Bertz CT molecular complexity index is 801. The Morgan fingerprint density at radius 1 is 1.21 bits per heavy atom. The first-order valence-electron chi connectivity index (χ1n) is 9.54. The number of nitrogens with zero attached hydrogens (tertiary/aromatic N) is 2. The van der Waals surface area contributed by atoms with Gasteiger partial charge >= 0.3 is 0 Å². The summed E-state index contributed by atoms with van der Waals surface area (Å²) in [4.78, 5) is 30.2. The number of aromatic nitrogens is 1. The molecule has 0 atom stereocenters. The van der Waals surface area contributed by atoms with Gasteiger partial charge in [0.1, 0.15) is 10.7 Å². The third-order valence-corrected chi connectivity index (χ3v) is 6.15. The van der Waals surface area contributed by atoms with Crippen LogP contribution in [0.4, 0.5) is 0 Å². The minimum Gasteiger partial charge on any atom is -0.369 e. The number of piperidine rings is 1. The van der Waals surface area contributed by atoms with Crippen LogP contribution in [0.15, 0.2) is 29.6 Å². The Balaban J connectivity index is 1.35. The van der Waals surface area contributed by atoms with Gasteiger partial charge in [0.25, 0.3) is 5.91 Å². The van der Waals surface area contributed by atoms with E-state index >= 15 is 0 Å². The monoisotopic (exact) mass is 420 g/mol. The fourth-order valence-electron chi connectivity index (χ4n) is 3.30. The van der Waals surface area contributed by atoms with Crippen LogP contribution in [-0.4, -0.2) is 47.9 Å². The summed E-state index contributed by atoms with van der Waals surface area (Å²) in [6, 6.07) is 7.42. The number of rotatable bonds is 8. The van der Waals surface area contributed by atoms with E-state index in [4.69, 9.17) is 17.3 Å². The first-order chi connectivity index (χ1) is 13.5. The number of nitrogens with one attached hydrogen (secondary N) is 1. The Morgan fingerprint density at radius 3 is 2.61 bits per heavy atom. The molecule has 2 aromatic rings. The number of thiazole rings is 1. The van der Waals surface area contributed by atoms with Crippen molar-refractivity contribution >= 4 is 34.8 Å². The number of hydrogen-bond acceptors (Lipinski definition) is 5. The predicted octanol–water partition coefficient (Wildman–Crippen LogP) is 3.17. The van der Waals surface area contributed by atoms with Gasteiger partial charge in [-0.15, -0.1) is 11.3 Å². The number of carbonyl (C=O) groups excluding carboxylic acids is 2. The Labute approximate surface area is 174 Å². The lowest BCUT2D eigenvalue weighted by atomic mass is 9.96. The summed E-state index contributed by atoms with van der Waals surface area (Å²) >= 11 is 7.35. The fraction of sp³-hybridized carbons (Fsp3) is 0.450. The van der Waals surface area contributed by atoms with E-state index in [0.717, 1.165) is 55.9 Å². The van der Waals surface area contributed by atoms with Gasteiger partial charge in [0.05, 0.1) is 0 Å². The molecule has 1 aliphatic heterocycles. The van der Waals surface area contributed by atoms with Crippen molar-refractivity contribution in [2.45, 2.75) is 25.7 Å². The number of amides is 2. The van der Waals surface area contributed by atoms with E-state index < -0.39 is 0 Å². The second kappa shape index (κ2) is 10.0. The first kappa shape index (κ1) is 20.8. The number of unbranched alkanes of at least 4 members (excludes halogenated alkanes) is 1. The van der Waals surface area contributed by atoms with Gasteiger partial charge in [0, 0.05) is 28.4 Å². The summed E-state index contributed by atoms with van der Waals surface area (Å²) in [7, 11) is 0. The van der Waals surface area contributed by atoms with Crippen LogP contribution < -0.4 is 11.1 Å². The zero-order chi connectivity index (χ0) is 19.9. The average molecular weight is 421 g/mol. The molecule has 1 aromatic carbocycles. The Kier molecular flexibility index (Phi) is 7.42. The van der Waals surface area contributed by atoms with Crippen molar-refractivity contribution in [2.24, 2.45) is 11.7 Å². The molecular weight excluding hydrogens is 396 g/mol. The summed E-state index contributed by atoms with van der Waals surface area (Å²) in [5, 5.41) is 6.20.